The van der Waals surface area contributed by atoms with E-state index in [0.29, 0.717) is 16.9 Å². The summed E-state index contributed by atoms with van der Waals surface area (Å²) in [6.45, 7) is 0. The highest BCUT2D eigenvalue weighted by molar-refractivity contribution is 9.10. The Bertz CT molecular complexity index is 586. The van der Waals surface area contributed by atoms with Crippen LogP contribution >= 0.6 is 15.9 Å². The number of carbonyl (C=O) groups is 1. The third kappa shape index (κ3) is 2.36. The molecule has 2 aromatic rings. The van der Waals surface area contributed by atoms with E-state index in [1.54, 1.807) is 25.4 Å². The van der Waals surface area contributed by atoms with Gasteiger partial charge in [-0.3, -0.25) is 9.78 Å². The Morgan fingerprint density at radius 3 is 2.72 bits per heavy atom. The van der Waals surface area contributed by atoms with Gasteiger partial charge >= 0.3 is 0 Å². The highest BCUT2D eigenvalue weighted by Crippen LogP contribution is 2.24. The lowest BCUT2D eigenvalue weighted by Crippen LogP contribution is -2.27. The van der Waals surface area contributed by atoms with Gasteiger partial charge in [-0.25, -0.2) is 0 Å². The molecule has 0 aliphatic carbocycles. The van der Waals surface area contributed by atoms with E-state index in [2.05, 4.69) is 20.9 Å². The van der Waals surface area contributed by atoms with E-state index in [-0.39, 0.29) is 5.91 Å². The SMILES string of the molecule is CN(C(=O)c1ccccc1Br)c1ccncc1N. The van der Waals surface area contributed by atoms with E-state index in [4.69, 9.17) is 5.73 Å². The van der Waals surface area contributed by atoms with Gasteiger partial charge in [0.05, 0.1) is 23.1 Å². The maximum atomic E-state index is 12.3. The highest BCUT2D eigenvalue weighted by Gasteiger charge is 2.17. The Kier molecular flexibility index (Phi) is 3.62. The van der Waals surface area contributed by atoms with Crippen LogP contribution in [0.3, 0.4) is 0 Å². The fourth-order valence-corrected chi connectivity index (χ4v) is 2.08. The average molecular weight is 306 g/mol. The van der Waals surface area contributed by atoms with Crippen molar-refractivity contribution in [1.82, 2.24) is 4.98 Å². The Morgan fingerprint density at radius 1 is 1.33 bits per heavy atom. The number of anilines is 2. The van der Waals surface area contributed by atoms with Crippen molar-refractivity contribution in [2.45, 2.75) is 0 Å². The lowest BCUT2D eigenvalue weighted by Gasteiger charge is -2.19. The van der Waals surface area contributed by atoms with Gasteiger partial charge in [0.1, 0.15) is 0 Å². The number of halogens is 1. The number of rotatable bonds is 2. The fraction of sp³-hybridized carbons (Fsp3) is 0.0769. The maximum absolute atomic E-state index is 12.3. The zero-order valence-corrected chi connectivity index (χ0v) is 11.4. The molecule has 1 aromatic carbocycles. The van der Waals surface area contributed by atoms with Crippen LogP contribution in [0.5, 0.6) is 0 Å². The van der Waals surface area contributed by atoms with E-state index >= 15 is 0 Å². The largest absolute Gasteiger partial charge is 0.396 e. The van der Waals surface area contributed by atoms with Crippen molar-refractivity contribution < 1.29 is 4.79 Å². The predicted molar refractivity (Wildman–Crippen MR) is 75.5 cm³/mol. The van der Waals surface area contributed by atoms with Crippen molar-refractivity contribution in [3.05, 3.63) is 52.8 Å². The zero-order chi connectivity index (χ0) is 13.1. The molecule has 0 saturated heterocycles. The molecular weight excluding hydrogens is 294 g/mol. The standard InChI is InChI=1S/C13H12BrN3O/c1-17(12-6-7-16-8-11(12)15)13(18)9-4-2-3-5-10(9)14/h2-8H,15H2,1H3. The quantitative estimate of drug-likeness (QED) is 0.928. The second-order valence-corrected chi connectivity index (χ2v) is 4.63. The Labute approximate surface area is 114 Å². The summed E-state index contributed by atoms with van der Waals surface area (Å²) in [5.74, 6) is -0.125. The molecule has 1 heterocycles. The van der Waals surface area contributed by atoms with E-state index in [9.17, 15) is 4.79 Å². The summed E-state index contributed by atoms with van der Waals surface area (Å²) in [5, 5.41) is 0. The molecule has 0 atom stereocenters. The van der Waals surface area contributed by atoms with Gasteiger partial charge in [0, 0.05) is 17.7 Å². The van der Waals surface area contributed by atoms with Crippen LogP contribution in [0.4, 0.5) is 11.4 Å². The van der Waals surface area contributed by atoms with Crippen LogP contribution in [-0.4, -0.2) is 17.9 Å². The van der Waals surface area contributed by atoms with Gasteiger partial charge in [-0.15, -0.1) is 0 Å². The van der Waals surface area contributed by atoms with Crippen molar-refractivity contribution in [3.8, 4) is 0 Å². The van der Waals surface area contributed by atoms with Crippen LogP contribution in [0.1, 0.15) is 10.4 Å². The molecule has 18 heavy (non-hydrogen) atoms. The van der Waals surface area contributed by atoms with Crippen molar-refractivity contribution in [3.63, 3.8) is 0 Å². The first kappa shape index (κ1) is 12.6. The minimum absolute atomic E-state index is 0.125. The molecule has 0 bridgehead atoms. The number of benzene rings is 1. The molecule has 2 rings (SSSR count). The first-order valence-corrected chi connectivity index (χ1v) is 6.12. The number of amides is 1. The summed E-state index contributed by atoms with van der Waals surface area (Å²) in [6, 6.07) is 8.99. The van der Waals surface area contributed by atoms with Gasteiger partial charge in [0.25, 0.3) is 5.91 Å². The van der Waals surface area contributed by atoms with Crippen molar-refractivity contribution in [2.75, 3.05) is 17.7 Å². The summed E-state index contributed by atoms with van der Waals surface area (Å²) in [7, 11) is 1.69. The Hall–Kier alpha value is -1.88. The molecule has 1 aromatic heterocycles. The van der Waals surface area contributed by atoms with Crippen molar-refractivity contribution >= 4 is 33.2 Å². The second kappa shape index (κ2) is 5.18. The van der Waals surface area contributed by atoms with Crippen LogP contribution in [0.2, 0.25) is 0 Å². The van der Waals surface area contributed by atoms with Crippen LogP contribution in [-0.2, 0) is 0 Å². The molecule has 5 heteroatoms. The number of pyridine rings is 1. The fourth-order valence-electron chi connectivity index (χ4n) is 1.63. The zero-order valence-electron chi connectivity index (χ0n) is 9.80. The third-order valence-electron chi connectivity index (χ3n) is 2.60. The van der Waals surface area contributed by atoms with Gasteiger partial charge in [-0.2, -0.15) is 0 Å². The highest BCUT2D eigenvalue weighted by atomic mass is 79.9. The van der Waals surface area contributed by atoms with Crippen LogP contribution < -0.4 is 10.6 Å². The predicted octanol–water partition coefficient (Wildman–Crippen LogP) is 2.70. The molecule has 0 saturated carbocycles. The average Bonchev–Trinajstić information content (AvgIpc) is 2.38. The number of nitrogens with two attached hydrogens (primary N) is 1. The number of hydrogen-bond donors (Lipinski definition) is 1. The number of hydrogen-bond acceptors (Lipinski definition) is 3. The molecule has 0 spiro atoms. The van der Waals surface area contributed by atoms with Gasteiger partial charge in [0.2, 0.25) is 0 Å². The normalized spacial score (nSPS) is 10.1. The molecule has 0 aliphatic rings. The Morgan fingerprint density at radius 2 is 2.06 bits per heavy atom. The van der Waals surface area contributed by atoms with Crippen LogP contribution in [0.25, 0.3) is 0 Å². The number of aromatic nitrogens is 1. The van der Waals surface area contributed by atoms with Crippen LogP contribution in [0.15, 0.2) is 47.2 Å². The third-order valence-corrected chi connectivity index (χ3v) is 3.29. The summed E-state index contributed by atoms with van der Waals surface area (Å²) in [4.78, 5) is 17.8. The molecular formula is C13H12BrN3O. The summed E-state index contributed by atoms with van der Waals surface area (Å²) >= 11 is 3.37. The lowest BCUT2D eigenvalue weighted by atomic mass is 10.2. The maximum Gasteiger partial charge on any atom is 0.259 e. The summed E-state index contributed by atoms with van der Waals surface area (Å²) in [6.07, 6.45) is 3.13. The number of nitrogens with zero attached hydrogens (tertiary/aromatic N) is 2. The molecule has 92 valence electrons. The first-order valence-electron chi connectivity index (χ1n) is 5.33. The molecule has 4 nitrogen and oxygen atoms in total. The Balaban J connectivity index is 2.36. The molecule has 0 aliphatic heterocycles. The van der Waals surface area contributed by atoms with Gasteiger partial charge in [-0.1, -0.05) is 12.1 Å². The van der Waals surface area contributed by atoms with E-state index in [1.165, 1.54) is 11.1 Å². The van der Waals surface area contributed by atoms with Gasteiger partial charge < -0.3 is 10.6 Å². The minimum atomic E-state index is -0.125. The topological polar surface area (TPSA) is 59.2 Å². The van der Waals surface area contributed by atoms with E-state index in [1.807, 2.05) is 18.2 Å². The van der Waals surface area contributed by atoms with Gasteiger partial charge in [-0.05, 0) is 34.1 Å². The molecule has 0 unspecified atom stereocenters. The lowest BCUT2D eigenvalue weighted by molar-refractivity contribution is 0.0992. The number of carbonyl (C=O) groups excluding carboxylic acids is 1. The van der Waals surface area contributed by atoms with Crippen LogP contribution in [0, 0.1) is 0 Å². The summed E-state index contributed by atoms with van der Waals surface area (Å²) in [5.41, 5.74) is 7.52. The van der Waals surface area contributed by atoms with Gasteiger partial charge in [0.15, 0.2) is 0 Å². The van der Waals surface area contributed by atoms with E-state index < -0.39 is 0 Å². The smallest absolute Gasteiger partial charge is 0.259 e. The molecule has 1 amide bonds. The molecule has 0 fully saturated rings. The monoisotopic (exact) mass is 305 g/mol. The minimum Gasteiger partial charge on any atom is -0.396 e. The molecule has 0 radical (unpaired) electrons. The number of nitrogen functional groups attached to an aromatic ring is 1. The first-order chi connectivity index (χ1) is 8.61. The molecule has 2 N–H and O–H groups in total. The van der Waals surface area contributed by atoms with Crippen molar-refractivity contribution in [2.24, 2.45) is 0 Å². The van der Waals surface area contributed by atoms with Crippen molar-refractivity contribution in [1.29, 1.82) is 0 Å². The second-order valence-electron chi connectivity index (χ2n) is 3.78. The van der Waals surface area contributed by atoms with E-state index in [0.717, 1.165) is 4.47 Å². The summed E-state index contributed by atoms with van der Waals surface area (Å²) < 4.78 is 0.759.